The molecule has 98 valence electrons. The second kappa shape index (κ2) is 6.83. The number of hydrogen-bond acceptors (Lipinski definition) is 1. The molecule has 0 heterocycles. The minimum absolute atomic E-state index is 0.317. The van der Waals surface area contributed by atoms with Gasteiger partial charge in [-0.25, -0.2) is 0 Å². The van der Waals surface area contributed by atoms with Crippen molar-refractivity contribution in [3.8, 4) is 0 Å². The minimum atomic E-state index is -0.667. The van der Waals surface area contributed by atoms with Gasteiger partial charge in [-0.2, -0.15) is 0 Å². The van der Waals surface area contributed by atoms with Crippen LogP contribution in [0.1, 0.15) is 58.8 Å². The molecule has 0 spiro atoms. The zero-order valence-corrected chi connectivity index (χ0v) is 11.2. The molecule has 1 N–H and O–H groups in total. The number of aliphatic carboxylic acids is 1. The van der Waals surface area contributed by atoms with Crippen LogP contribution in [0.2, 0.25) is 0 Å². The van der Waals surface area contributed by atoms with E-state index >= 15 is 0 Å². The lowest BCUT2D eigenvalue weighted by atomic mass is 9.69. The van der Waals surface area contributed by atoms with Crippen LogP contribution in [0, 0.1) is 17.8 Å². The quantitative estimate of drug-likeness (QED) is 0.702. The third-order valence-electron chi connectivity index (χ3n) is 4.17. The fraction of sp³-hybridized carbons (Fsp3) is 0.800. The van der Waals surface area contributed by atoms with Crippen LogP contribution in [0.15, 0.2) is 12.2 Å². The van der Waals surface area contributed by atoms with Crippen molar-refractivity contribution in [3.05, 3.63) is 12.2 Å². The highest BCUT2D eigenvalue weighted by molar-refractivity contribution is 5.66. The van der Waals surface area contributed by atoms with Crippen molar-refractivity contribution in [2.45, 2.75) is 58.8 Å². The van der Waals surface area contributed by atoms with Crippen molar-refractivity contribution in [2.24, 2.45) is 17.8 Å². The predicted octanol–water partition coefficient (Wildman–Crippen LogP) is 4.26. The molecule has 2 heteroatoms. The molecular formula is C15H26O2. The van der Waals surface area contributed by atoms with E-state index in [1.807, 2.05) is 0 Å². The molecule has 0 aromatic rings. The van der Waals surface area contributed by atoms with E-state index in [9.17, 15) is 4.79 Å². The molecule has 0 radical (unpaired) electrons. The maximum atomic E-state index is 10.5. The molecule has 1 aliphatic rings. The van der Waals surface area contributed by atoms with Gasteiger partial charge >= 0.3 is 5.97 Å². The van der Waals surface area contributed by atoms with Crippen LogP contribution >= 0.6 is 0 Å². The van der Waals surface area contributed by atoms with Crippen molar-refractivity contribution in [1.82, 2.24) is 0 Å². The number of carbonyl (C=O) groups is 1. The molecule has 0 amide bonds. The van der Waals surface area contributed by atoms with Gasteiger partial charge in [-0.3, -0.25) is 4.79 Å². The number of carboxylic acids is 1. The van der Waals surface area contributed by atoms with Crippen molar-refractivity contribution < 1.29 is 9.90 Å². The molecule has 3 atom stereocenters. The largest absolute Gasteiger partial charge is 0.481 e. The Morgan fingerprint density at radius 1 is 1.41 bits per heavy atom. The van der Waals surface area contributed by atoms with Gasteiger partial charge in [-0.05, 0) is 43.4 Å². The van der Waals surface area contributed by atoms with Crippen molar-refractivity contribution >= 4 is 5.97 Å². The smallest absolute Gasteiger partial charge is 0.303 e. The lowest BCUT2D eigenvalue weighted by Crippen LogP contribution is -2.25. The Morgan fingerprint density at radius 3 is 2.71 bits per heavy atom. The molecular weight excluding hydrogens is 212 g/mol. The maximum Gasteiger partial charge on any atom is 0.303 e. The van der Waals surface area contributed by atoms with Crippen LogP contribution in [-0.2, 0) is 4.79 Å². The van der Waals surface area contributed by atoms with Crippen LogP contribution in [-0.4, -0.2) is 11.1 Å². The van der Waals surface area contributed by atoms with E-state index in [-0.39, 0.29) is 0 Å². The number of allylic oxidation sites excluding steroid dienone is 1. The highest BCUT2D eigenvalue weighted by Gasteiger charge is 2.29. The average Bonchev–Trinajstić information content (AvgIpc) is 2.24. The Morgan fingerprint density at radius 2 is 2.12 bits per heavy atom. The van der Waals surface area contributed by atoms with Gasteiger partial charge in [0.25, 0.3) is 0 Å². The number of rotatable bonds is 6. The van der Waals surface area contributed by atoms with E-state index in [1.54, 1.807) is 0 Å². The van der Waals surface area contributed by atoms with Crippen LogP contribution in [0.25, 0.3) is 0 Å². The maximum absolute atomic E-state index is 10.5. The summed E-state index contributed by atoms with van der Waals surface area (Å²) in [4.78, 5) is 10.5. The fourth-order valence-corrected chi connectivity index (χ4v) is 3.10. The van der Waals surface area contributed by atoms with Crippen molar-refractivity contribution in [1.29, 1.82) is 0 Å². The molecule has 1 saturated carbocycles. The van der Waals surface area contributed by atoms with Gasteiger partial charge in [-0.15, -0.1) is 0 Å². The van der Waals surface area contributed by atoms with Crippen LogP contribution in [0.5, 0.6) is 0 Å². The molecule has 0 aromatic heterocycles. The minimum Gasteiger partial charge on any atom is -0.481 e. The standard InChI is InChI=1S/C15H26O2/c1-4-6-13-9-11(2)12(3)10-14(13)7-5-8-15(16)17/h11,13-14H,3-10H2,1-2H3,(H,16,17). The zero-order chi connectivity index (χ0) is 12.8. The predicted molar refractivity (Wildman–Crippen MR) is 70.9 cm³/mol. The second-order valence-electron chi connectivity index (χ2n) is 5.59. The summed E-state index contributed by atoms with van der Waals surface area (Å²) >= 11 is 0. The van der Waals surface area contributed by atoms with E-state index in [4.69, 9.17) is 5.11 Å². The summed E-state index contributed by atoms with van der Waals surface area (Å²) in [7, 11) is 0. The van der Waals surface area contributed by atoms with Crippen molar-refractivity contribution in [3.63, 3.8) is 0 Å². The van der Waals surface area contributed by atoms with E-state index in [1.165, 1.54) is 24.8 Å². The summed E-state index contributed by atoms with van der Waals surface area (Å²) in [6.07, 6.45) is 7.09. The highest BCUT2D eigenvalue weighted by atomic mass is 16.4. The van der Waals surface area contributed by atoms with Gasteiger partial charge in [-0.1, -0.05) is 38.8 Å². The van der Waals surface area contributed by atoms with E-state index < -0.39 is 5.97 Å². The van der Waals surface area contributed by atoms with Gasteiger partial charge in [0.05, 0.1) is 0 Å². The molecule has 1 fully saturated rings. The summed E-state index contributed by atoms with van der Waals surface area (Å²) in [6.45, 7) is 8.68. The molecule has 0 bridgehead atoms. The second-order valence-corrected chi connectivity index (χ2v) is 5.59. The number of hydrogen-bond donors (Lipinski definition) is 1. The van der Waals surface area contributed by atoms with E-state index in [0.29, 0.717) is 18.3 Å². The molecule has 17 heavy (non-hydrogen) atoms. The lowest BCUT2D eigenvalue weighted by molar-refractivity contribution is -0.137. The monoisotopic (exact) mass is 238 g/mol. The summed E-state index contributed by atoms with van der Waals surface area (Å²) in [5.74, 6) is 1.45. The van der Waals surface area contributed by atoms with Crippen LogP contribution in [0.3, 0.4) is 0 Å². The molecule has 0 aliphatic heterocycles. The summed E-state index contributed by atoms with van der Waals surface area (Å²) in [5.41, 5.74) is 1.37. The molecule has 0 aromatic carbocycles. The third-order valence-corrected chi connectivity index (χ3v) is 4.17. The van der Waals surface area contributed by atoms with Gasteiger partial charge in [0, 0.05) is 6.42 Å². The molecule has 0 saturated heterocycles. The first kappa shape index (κ1) is 14.3. The highest BCUT2D eigenvalue weighted by Crippen LogP contribution is 2.41. The first-order chi connectivity index (χ1) is 8.04. The molecule has 2 nitrogen and oxygen atoms in total. The van der Waals surface area contributed by atoms with Crippen LogP contribution < -0.4 is 0 Å². The van der Waals surface area contributed by atoms with Crippen molar-refractivity contribution in [2.75, 3.05) is 0 Å². The topological polar surface area (TPSA) is 37.3 Å². The van der Waals surface area contributed by atoms with Crippen LogP contribution in [0.4, 0.5) is 0 Å². The normalized spacial score (nSPS) is 29.3. The Labute approximate surface area is 105 Å². The first-order valence-corrected chi connectivity index (χ1v) is 6.94. The first-order valence-electron chi connectivity index (χ1n) is 6.94. The SMILES string of the molecule is C=C1CC(CCCC(=O)O)C(CCC)CC1C. The Bertz CT molecular complexity index is 270. The van der Waals surface area contributed by atoms with E-state index in [0.717, 1.165) is 25.2 Å². The van der Waals surface area contributed by atoms with Gasteiger partial charge in [0.15, 0.2) is 0 Å². The summed E-state index contributed by atoms with van der Waals surface area (Å²) in [5, 5.41) is 8.69. The summed E-state index contributed by atoms with van der Waals surface area (Å²) < 4.78 is 0. The van der Waals surface area contributed by atoms with Gasteiger partial charge in [0.2, 0.25) is 0 Å². The lowest BCUT2D eigenvalue weighted by Gasteiger charge is -2.36. The molecule has 3 unspecified atom stereocenters. The Hall–Kier alpha value is -0.790. The number of carboxylic acid groups (broad SMARTS) is 1. The summed E-state index contributed by atoms with van der Waals surface area (Å²) in [6, 6.07) is 0. The molecule has 1 rings (SSSR count). The Balaban J connectivity index is 2.47. The van der Waals surface area contributed by atoms with Gasteiger partial charge in [0.1, 0.15) is 0 Å². The fourth-order valence-electron chi connectivity index (χ4n) is 3.10. The average molecular weight is 238 g/mol. The molecule has 1 aliphatic carbocycles. The van der Waals surface area contributed by atoms with E-state index in [2.05, 4.69) is 20.4 Å². The zero-order valence-electron chi connectivity index (χ0n) is 11.2. The third kappa shape index (κ3) is 4.53. The van der Waals surface area contributed by atoms with Gasteiger partial charge < -0.3 is 5.11 Å². The Kier molecular flexibility index (Phi) is 5.73.